The van der Waals surface area contributed by atoms with Crippen LogP contribution in [0.3, 0.4) is 0 Å². The van der Waals surface area contributed by atoms with Gasteiger partial charge in [0.25, 0.3) is 0 Å². The zero-order chi connectivity index (χ0) is 12.3. The standard InChI is InChI=1S/C14H25NO2/c1-11-5-7-13(8-6-11)15-9-3-4-12(10-15)14(16)17-2/h11-13H,3-10H2,1-2H3. The van der Waals surface area contributed by atoms with Crippen molar-refractivity contribution in [3.05, 3.63) is 0 Å². The van der Waals surface area contributed by atoms with Gasteiger partial charge in [0.2, 0.25) is 0 Å². The zero-order valence-corrected chi connectivity index (χ0v) is 11.2. The number of carbonyl (C=O) groups is 1. The predicted octanol–water partition coefficient (Wildman–Crippen LogP) is 2.45. The number of methoxy groups -OCH3 is 1. The molecular formula is C14H25NO2. The second-order valence-corrected chi connectivity index (χ2v) is 5.77. The molecule has 1 saturated heterocycles. The first-order valence-electron chi connectivity index (χ1n) is 7.02. The van der Waals surface area contributed by atoms with Crippen molar-refractivity contribution < 1.29 is 9.53 Å². The molecule has 0 bridgehead atoms. The third-order valence-corrected chi connectivity index (χ3v) is 4.49. The Bertz CT molecular complexity index is 259. The summed E-state index contributed by atoms with van der Waals surface area (Å²) in [6.45, 7) is 4.45. The quantitative estimate of drug-likeness (QED) is 0.693. The Morgan fingerprint density at radius 3 is 2.53 bits per heavy atom. The number of esters is 1. The summed E-state index contributed by atoms with van der Waals surface area (Å²) in [5.74, 6) is 0.999. The van der Waals surface area contributed by atoms with Gasteiger partial charge in [-0.3, -0.25) is 9.69 Å². The summed E-state index contributed by atoms with van der Waals surface area (Å²) in [7, 11) is 1.50. The number of carbonyl (C=O) groups excluding carboxylic acids is 1. The first-order chi connectivity index (χ1) is 8.20. The first kappa shape index (κ1) is 12.9. The molecule has 98 valence electrons. The fourth-order valence-electron chi connectivity index (χ4n) is 3.30. The molecule has 3 nitrogen and oxygen atoms in total. The van der Waals surface area contributed by atoms with Crippen LogP contribution in [-0.2, 0) is 9.53 Å². The van der Waals surface area contributed by atoms with Crippen molar-refractivity contribution in [2.75, 3.05) is 20.2 Å². The highest BCUT2D eigenvalue weighted by Gasteiger charge is 2.31. The number of hydrogen-bond acceptors (Lipinski definition) is 3. The van der Waals surface area contributed by atoms with Crippen molar-refractivity contribution in [3.63, 3.8) is 0 Å². The fraction of sp³-hybridized carbons (Fsp3) is 0.929. The maximum Gasteiger partial charge on any atom is 0.309 e. The van der Waals surface area contributed by atoms with Gasteiger partial charge in [0.1, 0.15) is 0 Å². The van der Waals surface area contributed by atoms with Gasteiger partial charge in [0, 0.05) is 12.6 Å². The third kappa shape index (κ3) is 3.21. The molecule has 17 heavy (non-hydrogen) atoms. The molecular weight excluding hydrogens is 214 g/mol. The Morgan fingerprint density at radius 1 is 1.18 bits per heavy atom. The largest absolute Gasteiger partial charge is 0.469 e. The Hall–Kier alpha value is -0.570. The minimum Gasteiger partial charge on any atom is -0.469 e. The van der Waals surface area contributed by atoms with Gasteiger partial charge in [-0.1, -0.05) is 6.92 Å². The van der Waals surface area contributed by atoms with Crippen LogP contribution in [0.25, 0.3) is 0 Å². The smallest absolute Gasteiger partial charge is 0.309 e. The van der Waals surface area contributed by atoms with E-state index in [1.807, 2.05) is 0 Å². The van der Waals surface area contributed by atoms with Crippen LogP contribution in [0.15, 0.2) is 0 Å². The summed E-state index contributed by atoms with van der Waals surface area (Å²) in [5, 5.41) is 0. The average Bonchev–Trinajstić information content (AvgIpc) is 2.39. The minimum absolute atomic E-state index is 0.0149. The van der Waals surface area contributed by atoms with Crippen LogP contribution in [-0.4, -0.2) is 37.1 Å². The Labute approximate surface area is 105 Å². The number of piperidine rings is 1. The van der Waals surface area contributed by atoms with Crippen LogP contribution in [0.4, 0.5) is 0 Å². The van der Waals surface area contributed by atoms with Crippen molar-refractivity contribution >= 4 is 5.97 Å². The Kier molecular flexibility index (Phi) is 4.43. The van der Waals surface area contributed by atoms with Gasteiger partial charge >= 0.3 is 5.97 Å². The average molecular weight is 239 g/mol. The number of rotatable bonds is 2. The Balaban J connectivity index is 1.86. The van der Waals surface area contributed by atoms with E-state index in [0.717, 1.165) is 31.3 Å². The van der Waals surface area contributed by atoms with Crippen molar-refractivity contribution in [3.8, 4) is 0 Å². The van der Waals surface area contributed by atoms with Crippen molar-refractivity contribution in [1.29, 1.82) is 0 Å². The van der Waals surface area contributed by atoms with Gasteiger partial charge in [-0.15, -0.1) is 0 Å². The van der Waals surface area contributed by atoms with Crippen LogP contribution >= 0.6 is 0 Å². The molecule has 2 rings (SSSR count). The second-order valence-electron chi connectivity index (χ2n) is 5.77. The molecule has 0 amide bonds. The molecule has 1 aliphatic heterocycles. The van der Waals surface area contributed by atoms with Gasteiger partial charge in [-0.2, -0.15) is 0 Å². The maximum absolute atomic E-state index is 11.6. The molecule has 2 fully saturated rings. The highest BCUT2D eigenvalue weighted by Crippen LogP contribution is 2.30. The maximum atomic E-state index is 11.6. The lowest BCUT2D eigenvalue weighted by atomic mass is 9.85. The molecule has 0 spiro atoms. The predicted molar refractivity (Wildman–Crippen MR) is 67.7 cm³/mol. The van der Waals surface area contributed by atoms with Crippen LogP contribution in [0.1, 0.15) is 45.4 Å². The second kappa shape index (κ2) is 5.85. The van der Waals surface area contributed by atoms with E-state index in [2.05, 4.69) is 11.8 Å². The summed E-state index contributed by atoms with van der Waals surface area (Å²) in [6.07, 6.45) is 7.48. The van der Waals surface area contributed by atoms with Gasteiger partial charge in [0.05, 0.1) is 13.0 Å². The Morgan fingerprint density at radius 2 is 1.88 bits per heavy atom. The summed E-state index contributed by atoms with van der Waals surface area (Å²) in [5.41, 5.74) is 0. The summed E-state index contributed by atoms with van der Waals surface area (Å²) in [6, 6.07) is 0.721. The molecule has 1 aliphatic carbocycles. The van der Waals surface area contributed by atoms with Gasteiger partial charge in [-0.05, 0) is 51.0 Å². The minimum atomic E-state index is -0.0149. The monoisotopic (exact) mass is 239 g/mol. The number of hydrogen-bond donors (Lipinski definition) is 0. The number of nitrogens with zero attached hydrogens (tertiary/aromatic N) is 1. The van der Waals surface area contributed by atoms with Crippen molar-refractivity contribution in [1.82, 2.24) is 4.90 Å². The molecule has 1 unspecified atom stereocenters. The molecule has 0 N–H and O–H groups in total. The van der Waals surface area contributed by atoms with E-state index < -0.39 is 0 Å². The van der Waals surface area contributed by atoms with Crippen LogP contribution in [0, 0.1) is 11.8 Å². The van der Waals surface area contributed by atoms with Crippen LogP contribution < -0.4 is 0 Å². The van der Waals surface area contributed by atoms with E-state index in [-0.39, 0.29) is 11.9 Å². The lowest BCUT2D eigenvalue weighted by Gasteiger charge is -2.40. The van der Waals surface area contributed by atoms with Crippen molar-refractivity contribution in [2.45, 2.75) is 51.5 Å². The SMILES string of the molecule is COC(=O)C1CCCN(C2CCC(C)CC2)C1. The van der Waals surface area contributed by atoms with E-state index >= 15 is 0 Å². The van der Waals surface area contributed by atoms with Gasteiger partial charge in [-0.25, -0.2) is 0 Å². The van der Waals surface area contributed by atoms with Crippen molar-refractivity contribution in [2.24, 2.45) is 11.8 Å². The lowest BCUT2D eigenvalue weighted by Crippen LogP contribution is -2.46. The molecule has 0 radical (unpaired) electrons. The van der Waals surface area contributed by atoms with E-state index in [0.29, 0.717) is 0 Å². The number of likely N-dealkylation sites (tertiary alicyclic amines) is 1. The van der Waals surface area contributed by atoms with Gasteiger partial charge in [0.15, 0.2) is 0 Å². The number of ether oxygens (including phenoxy) is 1. The summed E-state index contributed by atoms with van der Waals surface area (Å²) in [4.78, 5) is 14.1. The molecule has 0 aromatic heterocycles. The summed E-state index contributed by atoms with van der Waals surface area (Å²) >= 11 is 0. The molecule has 1 saturated carbocycles. The topological polar surface area (TPSA) is 29.5 Å². The molecule has 2 aliphatic rings. The van der Waals surface area contributed by atoms with Crippen LogP contribution in [0.2, 0.25) is 0 Å². The molecule has 1 atom stereocenters. The zero-order valence-electron chi connectivity index (χ0n) is 11.2. The normalized spacial score (nSPS) is 35.5. The lowest BCUT2D eigenvalue weighted by molar-refractivity contribution is -0.147. The summed E-state index contributed by atoms with van der Waals surface area (Å²) < 4.78 is 4.88. The molecule has 3 heteroatoms. The molecule has 0 aromatic rings. The highest BCUT2D eigenvalue weighted by molar-refractivity contribution is 5.72. The van der Waals surface area contributed by atoms with E-state index in [1.165, 1.54) is 39.3 Å². The molecule has 1 heterocycles. The van der Waals surface area contributed by atoms with E-state index in [1.54, 1.807) is 0 Å². The van der Waals surface area contributed by atoms with Gasteiger partial charge < -0.3 is 4.74 Å². The first-order valence-corrected chi connectivity index (χ1v) is 7.02. The van der Waals surface area contributed by atoms with Crippen LogP contribution in [0.5, 0.6) is 0 Å². The van der Waals surface area contributed by atoms with E-state index in [4.69, 9.17) is 4.74 Å². The molecule has 0 aromatic carbocycles. The highest BCUT2D eigenvalue weighted by atomic mass is 16.5. The third-order valence-electron chi connectivity index (χ3n) is 4.49. The fourth-order valence-corrected chi connectivity index (χ4v) is 3.30. The van der Waals surface area contributed by atoms with E-state index in [9.17, 15) is 4.79 Å².